The number of hydrogen-bond donors (Lipinski definition) is 1. The summed E-state index contributed by atoms with van der Waals surface area (Å²) >= 11 is 0. The molecule has 0 bridgehead atoms. The predicted octanol–water partition coefficient (Wildman–Crippen LogP) is 2.27. The highest BCUT2D eigenvalue weighted by Gasteiger charge is 2.33. The Kier molecular flexibility index (Phi) is 5.05. The molecule has 2 heterocycles. The first kappa shape index (κ1) is 14.3. The van der Waals surface area contributed by atoms with Crippen molar-refractivity contribution >= 4 is 0 Å². The summed E-state index contributed by atoms with van der Waals surface area (Å²) in [5, 5.41) is 3.59. The summed E-state index contributed by atoms with van der Waals surface area (Å²) in [7, 11) is 1.83. The van der Waals surface area contributed by atoms with Crippen LogP contribution in [0.25, 0.3) is 0 Å². The fourth-order valence-electron chi connectivity index (χ4n) is 3.58. The molecule has 0 amide bonds. The Morgan fingerprint density at radius 1 is 1.22 bits per heavy atom. The molecule has 0 aromatic heterocycles. The Morgan fingerprint density at radius 3 is 2.39 bits per heavy atom. The van der Waals surface area contributed by atoms with Crippen molar-refractivity contribution in [3.05, 3.63) is 0 Å². The zero-order chi connectivity index (χ0) is 13.0. The maximum Gasteiger partial charge on any atom is 0.0711 e. The zero-order valence-corrected chi connectivity index (χ0v) is 12.4. The molecule has 1 N–H and O–H groups in total. The second-order valence-electron chi connectivity index (χ2n) is 6.21. The van der Waals surface area contributed by atoms with E-state index in [-0.39, 0.29) is 0 Å². The topological polar surface area (TPSA) is 24.5 Å². The lowest BCUT2D eigenvalue weighted by Crippen LogP contribution is -2.44. The molecule has 0 spiro atoms. The maximum atomic E-state index is 5.42. The van der Waals surface area contributed by atoms with E-state index in [1.807, 2.05) is 7.11 Å². The second-order valence-corrected chi connectivity index (χ2v) is 6.21. The summed E-state index contributed by atoms with van der Waals surface area (Å²) in [5.74, 6) is 0. The van der Waals surface area contributed by atoms with E-state index in [0.717, 1.165) is 6.54 Å². The highest BCUT2D eigenvalue weighted by Crippen LogP contribution is 2.37. The molecule has 3 heteroatoms. The predicted molar refractivity (Wildman–Crippen MR) is 75.9 cm³/mol. The van der Waals surface area contributed by atoms with Gasteiger partial charge in [0.2, 0.25) is 0 Å². The van der Waals surface area contributed by atoms with E-state index in [9.17, 15) is 0 Å². The third kappa shape index (κ3) is 3.25. The number of likely N-dealkylation sites (tertiary alicyclic amines) is 1. The molecule has 2 aliphatic heterocycles. The molecule has 106 valence electrons. The van der Waals surface area contributed by atoms with Gasteiger partial charge in [0.05, 0.1) is 6.10 Å². The number of rotatable bonds is 5. The molecule has 2 unspecified atom stereocenters. The van der Waals surface area contributed by atoms with E-state index in [1.54, 1.807) is 0 Å². The molecule has 0 aromatic rings. The van der Waals surface area contributed by atoms with Gasteiger partial charge in [-0.3, -0.25) is 0 Å². The molecule has 0 saturated carbocycles. The van der Waals surface area contributed by atoms with Crippen LogP contribution in [0.15, 0.2) is 0 Å². The van der Waals surface area contributed by atoms with Crippen LogP contribution in [0.1, 0.15) is 46.0 Å². The molecule has 0 aromatic carbocycles. The van der Waals surface area contributed by atoms with Gasteiger partial charge in [-0.2, -0.15) is 0 Å². The number of ether oxygens (including phenoxy) is 1. The molecule has 2 atom stereocenters. The first-order chi connectivity index (χ1) is 8.71. The van der Waals surface area contributed by atoms with Gasteiger partial charge in [-0.1, -0.05) is 26.7 Å². The van der Waals surface area contributed by atoms with Gasteiger partial charge >= 0.3 is 0 Å². The molecule has 2 saturated heterocycles. The summed E-state index contributed by atoms with van der Waals surface area (Å²) in [6.07, 6.45) is 7.10. The minimum Gasteiger partial charge on any atom is -0.380 e. The van der Waals surface area contributed by atoms with Crippen molar-refractivity contribution in [3.8, 4) is 0 Å². The van der Waals surface area contributed by atoms with E-state index in [4.69, 9.17) is 4.74 Å². The van der Waals surface area contributed by atoms with Crippen molar-refractivity contribution in [2.24, 2.45) is 5.41 Å². The van der Waals surface area contributed by atoms with Gasteiger partial charge in [0.1, 0.15) is 0 Å². The second kappa shape index (κ2) is 6.36. The Labute approximate surface area is 112 Å². The van der Waals surface area contributed by atoms with Crippen molar-refractivity contribution in [1.29, 1.82) is 0 Å². The van der Waals surface area contributed by atoms with Crippen LogP contribution in [0.2, 0.25) is 0 Å². The van der Waals surface area contributed by atoms with Crippen LogP contribution >= 0.6 is 0 Å². The highest BCUT2D eigenvalue weighted by atomic mass is 16.5. The van der Waals surface area contributed by atoms with Crippen molar-refractivity contribution in [2.45, 2.75) is 58.1 Å². The average molecular weight is 254 g/mol. The minimum absolute atomic E-state index is 0.435. The molecular weight excluding hydrogens is 224 g/mol. The summed E-state index contributed by atoms with van der Waals surface area (Å²) in [6, 6.07) is 0.644. The third-order valence-corrected chi connectivity index (χ3v) is 5.41. The lowest BCUT2D eigenvalue weighted by Gasteiger charge is -2.41. The normalized spacial score (nSPS) is 32.8. The van der Waals surface area contributed by atoms with Crippen LogP contribution in [-0.4, -0.2) is 50.3 Å². The molecule has 2 aliphatic rings. The van der Waals surface area contributed by atoms with Crippen LogP contribution in [0.5, 0.6) is 0 Å². The van der Waals surface area contributed by atoms with Crippen LogP contribution in [0.4, 0.5) is 0 Å². The van der Waals surface area contributed by atoms with Gasteiger partial charge in [-0.25, -0.2) is 0 Å². The lowest BCUT2D eigenvalue weighted by molar-refractivity contribution is 0.0856. The van der Waals surface area contributed by atoms with E-state index in [0.29, 0.717) is 17.6 Å². The van der Waals surface area contributed by atoms with Crippen molar-refractivity contribution in [1.82, 2.24) is 10.2 Å². The van der Waals surface area contributed by atoms with Gasteiger partial charge < -0.3 is 15.0 Å². The zero-order valence-electron chi connectivity index (χ0n) is 12.4. The van der Waals surface area contributed by atoms with Gasteiger partial charge in [-0.15, -0.1) is 0 Å². The van der Waals surface area contributed by atoms with E-state index < -0.39 is 0 Å². The van der Waals surface area contributed by atoms with Crippen LogP contribution in [0, 0.1) is 5.41 Å². The lowest BCUT2D eigenvalue weighted by atomic mass is 9.74. The largest absolute Gasteiger partial charge is 0.380 e. The van der Waals surface area contributed by atoms with E-state index in [1.165, 1.54) is 51.7 Å². The molecule has 0 radical (unpaired) electrons. The number of piperidine rings is 1. The number of hydrogen-bond acceptors (Lipinski definition) is 3. The molecule has 0 aliphatic carbocycles. The SMILES string of the molecule is CCC1(CC)CCN(CC2CC(OC)CN2)CC1. The van der Waals surface area contributed by atoms with E-state index >= 15 is 0 Å². The Balaban J connectivity index is 1.74. The number of nitrogens with zero attached hydrogens (tertiary/aromatic N) is 1. The number of nitrogens with one attached hydrogen (secondary N) is 1. The Bertz CT molecular complexity index is 243. The summed E-state index contributed by atoms with van der Waals surface area (Å²) in [6.45, 7) is 9.54. The quantitative estimate of drug-likeness (QED) is 0.814. The third-order valence-electron chi connectivity index (χ3n) is 5.41. The fourth-order valence-corrected chi connectivity index (χ4v) is 3.58. The van der Waals surface area contributed by atoms with Gasteiger partial charge in [-0.05, 0) is 37.8 Å². The summed E-state index contributed by atoms with van der Waals surface area (Å²) < 4.78 is 5.42. The van der Waals surface area contributed by atoms with Crippen LogP contribution in [0.3, 0.4) is 0 Å². The molecule has 3 nitrogen and oxygen atoms in total. The first-order valence-corrected chi connectivity index (χ1v) is 7.70. The van der Waals surface area contributed by atoms with Crippen LogP contribution < -0.4 is 5.32 Å². The Hall–Kier alpha value is -0.120. The number of methoxy groups -OCH3 is 1. The minimum atomic E-state index is 0.435. The first-order valence-electron chi connectivity index (χ1n) is 7.70. The smallest absolute Gasteiger partial charge is 0.0711 e. The molecule has 2 rings (SSSR count). The van der Waals surface area contributed by atoms with Gasteiger partial charge in [0, 0.05) is 26.2 Å². The highest BCUT2D eigenvalue weighted by molar-refractivity contribution is 4.88. The Morgan fingerprint density at radius 2 is 1.89 bits per heavy atom. The van der Waals surface area contributed by atoms with Crippen molar-refractivity contribution < 1.29 is 4.74 Å². The van der Waals surface area contributed by atoms with Crippen LogP contribution in [-0.2, 0) is 4.74 Å². The molecule has 2 fully saturated rings. The van der Waals surface area contributed by atoms with E-state index in [2.05, 4.69) is 24.1 Å². The van der Waals surface area contributed by atoms with Gasteiger partial charge in [0.15, 0.2) is 0 Å². The maximum absolute atomic E-state index is 5.42. The standard InChI is InChI=1S/C15H30N2O/c1-4-15(5-2)6-8-17(9-7-15)12-13-10-14(18-3)11-16-13/h13-14,16H,4-12H2,1-3H3. The summed E-state index contributed by atoms with van der Waals surface area (Å²) in [5.41, 5.74) is 0.647. The average Bonchev–Trinajstić information content (AvgIpc) is 2.88. The monoisotopic (exact) mass is 254 g/mol. The van der Waals surface area contributed by atoms with Crippen molar-refractivity contribution in [2.75, 3.05) is 33.3 Å². The fraction of sp³-hybridized carbons (Fsp3) is 1.00. The van der Waals surface area contributed by atoms with Gasteiger partial charge in [0.25, 0.3) is 0 Å². The summed E-state index contributed by atoms with van der Waals surface area (Å²) in [4.78, 5) is 2.65. The molecular formula is C15H30N2O. The van der Waals surface area contributed by atoms with Crippen molar-refractivity contribution in [3.63, 3.8) is 0 Å². The molecule has 18 heavy (non-hydrogen) atoms.